The molecule has 0 aromatic carbocycles. The van der Waals surface area contributed by atoms with Gasteiger partial charge >= 0.3 is 5.97 Å². The number of aliphatic hydroxyl groups is 2. The Morgan fingerprint density at radius 2 is 2.09 bits per heavy atom. The second kappa shape index (κ2) is 1.94. The van der Waals surface area contributed by atoms with Crippen molar-refractivity contribution in [1.82, 2.24) is 0 Å². The Balaban J connectivity index is 1.69. The minimum Gasteiger partial charge on any atom is -0.394 e. The average Bonchev–Trinajstić information content (AvgIpc) is 2.69. The van der Waals surface area contributed by atoms with Gasteiger partial charge in [0.05, 0.1) is 13.2 Å². The molecule has 0 radical (unpaired) electrons. The highest BCUT2D eigenvalue weighted by Crippen LogP contribution is 2.67. The molecule has 2 heterocycles. The molecule has 0 bridgehead atoms. The molecule has 2 rings (SSSR count). The minimum absolute atomic E-state index is 0.0338. The highest BCUT2D eigenvalue weighted by Gasteiger charge is 2.91. The molecule has 5 heteroatoms. The molecule has 11 heavy (non-hydrogen) atoms. The van der Waals surface area contributed by atoms with E-state index < -0.39 is 17.9 Å². The van der Waals surface area contributed by atoms with Gasteiger partial charge in [-0.3, -0.25) is 9.47 Å². The monoisotopic (exact) mass is 162 g/mol. The van der Waals surface area contributed by atoms with E-state index in [1.54, 1.807) is 6.92 Å². The number of rotatable bonds is 4. The average molecular weight is 162 g/mol. The summed E-state index contributed by atoms with van der Waals surface area (Å²) in [6, 6.07) is 0. The van der Waals surface area contributed by atoms with Crippen LogP contribution in [0.5, 0.6) is 0 Å². The molecule has 1 unspecified atom stereocenters. The fraction of sp³-hybridized carbons (Fsp3) is 1.00. The first-order valence-electron chi connectivity index (χ1n) is 3.45. The summed E-state index contributed by atoms with van der Waals surface area (Å²) in [4.78, 5) is 0. The summed E-state index contributed by atoms with van der Waals surface area (Å²) in [5.74, 6) is -1.45. The molecule has 0 aromatic rings. The maximum absolute atomic E-state index is 8.87. The zero-order valence-electron chi connectivity index (χ0n) is 6.11. The van der Waals surface area contributed by atoms with E-state index in [0.29, 0.717) is 0 Å². The largest absolute Gasteiger partial charge is 0.394 e. The molecule has 0 amide bonds. The Hall–Kier alpha value is -0.200. The normalized spacial score (nSPS) is 48.3. The fourth-order valence-corrected chi connectivity index (χ4v) is 0.918. The van der Waals surface area contributed by atoms with Gasteiger partial charge in [-0.2, -0.15) is 0 Å². The van der Waals surface area contributed by atoms with Crippen LogP contribution in [0.1, 0.15) is 6.92 Å². The zero-order chi connectivity index (χ0) is 8.11. The third-order valence-corrected chi connectivity index (χ3v) is 1.81. The van der Waals surface area contributed by atoms with Crippen LogP contribution in [0.4, 0.5) is 0 Å². The Morgan fingerprint density at radius 1 is 1.55 bits per heavy atom. The lowest BCUT2D eigenvalue weighted by Gasteiger charge is -2.06. The summed E-state index contributed by atoms with van der Waals surface area (Å²) in [7, 11) is 0. The van der Waals surface area contributed by atoms with Crippen molar-refractivity contribution in [3.8, 4) is 0 Å². The number of epoxide rings is 2. The van der Waals surface area contributed by atoms with Crippen LogP contribution in [0.2, 0.25) is 0 Å². The van der Waals surface area contributed by atoms with E-state index in [2.05, 4.69) is 0 Å². The number of fused-ring (bicyclic) bond motifs is 1. The van der Waals surface area contributed by atoms with E-state index in [4.69, 9.17) is 24.4 Å². The predicted molar refractivity (Wildman–Crippen MR) is 32.4 cm³/mol. The summed E-state index contributed by atoms with van der Waals surface area (Å²) in [6.45, 7) is 1.47. The summed E-state index contributed by atoms with van der Waals surface area (Å²) < 4.78 is 14.9. The second-order valence-corrected chi connectivity index (χ2v) is 2.85. The lowest BCUT2D eigenvalue weighted by Crippen LogP contribution is -2.22. The van der Waals surface area contributed by atoms with Crippen LogP contribution in [0.3, 0.4) is 0 Å². The summed E-state index contributed by atoms with van der Waals surface area (Å²) in [5, 5.41) is 17.3. The van der Waals surface area contributed by atoms with Crippen molar-refractivity contribution in [3.05, 3.63) is 0 Å². The maximum Gasteiger partial charge on any atom is 0.346 e. The van der Waals surface area contributed by atoms with Crippen molar-refractivity contribution >= 4 is 0 Å². The van der Waals surface area contributed by atoms with Crippen LogP contribution in [0, 0.1) is 0 Å². The highest BCUT2D eigenvalue weighted by molar-refractivity contribution is 5.08. The molecule has 0 aliphatic carbocycles. The van der Waals surface area contributed by atoms with Crippen LogP contribution in [-0.4, -0.2) is 41.3 Å². The number of ether oxygens (including phenoxy) is 3. The van der Waals surface area contributed by atoms with Gasteiger partial charge in [0, 0.05) is 0 Å². The van der Waals surface area contributed by atoms with E-state index >= 15 is 0 Å². The van der Waals surface area contributed by atoms with Crippen molar-refractivity contribution < 1.29 is 24.4 Å². The van der Waals surface area contributed by atoms with Gasteiger partial charge < -0.3 is 14.9 Å². The first-order chi connectivity index (χ1) is 5.12. The lowest BCUT2D eigenvalue weighted by molar-refractivity contribution is -0.219. The van der Waals surface area contributed by atoms with Crippen molar-refractivity contribution in [2.24, 2.45) is 0 Å². The molecule has 0 aromatic heterocycles. The second-order valence-electron chi connectivity index (χ2n) is 2.85. The van der Waals surface area contributed by atoms with E-state index in [9.17, 15) is 0 Å². The molecule has 0 spiro atoms. The predicted octanol–water partition coefficient (Wildman–Crippen LogP) is -1.21. The van der Waals surface area contributed by atoms with Crippen LogP contribution in [0.25, 0.3) is 0 Å². The quantitative estimate of drug-likeness (QED) is 0.507. The fourth-order valence-electron chi connectivity index (χ4n) is 0.918. The Labute approximate surface area is 63.5 Å². The van der Waals surface area contributed by atoms with Gasteiger partial charge in [-0.1, -0.05) is 0 Å². The standard InChI is InChI=1S/C6H10O5/c1-5-6(10-5,11-5)9-3-4(8)2-7/h4,7-8H,2-3H2,1H3. The lowest BCUT2D eigenvalue weighted by atomic mass is 10.4. The third kappa shape index (κ3) is 0.969. The molecular formula is C6H10O5. The molecular weight excluding hydrogens is 152 g/mol. The molecule has 2 aliphatic heterocycles. The first-order valence-corrected chi connectivity index (χ1v) is 3.45. The van der Waals surface area contributed by atoms with Crippen LogP contribution in [-0.2, 0) is 14.2 Å². The van der Waals surface area contributed by atoms with Crippen molar-refractivity contribution in [2.45, 2.75) is 24.8 Å². The Morgan fingerprint density at radius 3 is 2.45 bits per heavy atom. The van der Waals surface area contributed by atoms with Gasteiger partial charge in [-0.25, -0.2) is 0 Å². The molecule has 2 N–H and O–H groups in total. The van der Waals surface area contributed by atoms with Crippen molar-refractivity contribution in [3.63, 3.8) is 0 Å². The zero-order valence-corrected chi connectivity index (χ0v) is 6.11. The van der Waals surface area contributed by atoms with Gasteiger partial charge in [0.1, 0.15) is 6.10 Å². The summed E-state index contributed by atoms with van der Waals surface area (Å²) in [5.41, 5.74) is 0. The van der Waals surface area contributed by atoms with Gasteiger partial charge in [0.15, 0.2) is 0 Å². The smallest absolute Gasteiger partial charge is 0.346 e. The van der Waals surface area contributed by atoms with Crippen LogP contribution >= 0.6 is 0 Å². The number of aliphatic hydroxyl groups excluding tert-OH is 2. The van der Waals surface area contributed by atoms with Crippen molar-refractivity contribution in [1.29, 1.82) is 0 Å². The van der Waals surface area contributed by atoms with Gasteiger partial charge in [-0.15, -0.1) is 0 Å². The number of hydrogen-bond donors (Lipinski definition) is 2. The summed E-state index contributed by atoms with van der Waals surface area (Å²) in [6.07, 6.45) is -0.859. The highest BCUT2D eigenvalue weighted by atomic mass is 17.2. The van der Waals surface area contributed by atoms with Gasteiger partial charge in [0.25, 0.3) is 5.79 Å². The third-order valence-electron chi connectivity index (χ3n) is 1.81. The minimum atomic E-state index is -0.886. The topological polar surface area (TPSA) is 74.8 Å². The molecule has 5 nitrogen and oxygen atoms in total. The van der Waals surface area contributed by atoms with Gasteiger partial charge in [-0.05, 0) is 6.92 Å². The van der Waals surface area contributed by atoms with E-state index in [1.165, 1.54) is 0 Å². The maximum atomic E-state index is 8.87. The van der Waals surface area contributed by atoms with E-state index in [1.807, 2.05) is 0 Å². The van der Waals surface area contributed by atoms with Crippen LogP contribution < -0.4 is 0 Å². The molecule has 2 saturated heterocycles. The summed E-state index contributed by atoms with van der Waals surface area (Å²) >= 11 is 0. The molecule has 0 saturated carbocycles. The van der Waals surface area contributed by atoms with E-state index in [-0.39, 0.29) is 13.2 Å². The number of hydrogen-bond acceptors (Lipinski definition) is 5. The SMILES string of the molecule is CC12OC1(OCC(O)CO)O2. The molecule has 2 fully saturated rings. The van der Waals surface area contributed by atoms with E-state index in [0.717, 1.165) is 0 Å². The Bertz CT molecular complexity index is 174. The molecule has 1 atom stereocenters. The first kappa shape index (κ1) is 7.45. The Kier molecular flexibility index (Phi) is 1.31. The molecule has 64 valence electrons. The molecule has 2 aliphatic rings. The van der Waals surface area contributed by atoms with Crippen LogP contribution in [0.15, 0.2) is 0 Å². The van der Waals surface area contributed by atoms with Crippen molar-refractivity contribution in [2.75, 3.05) is 13.2 Å². The van der Waals surface area contributed by atoms with Gasteiger partial charge in [0.2, 0.25) is 0 Å².